The van der Waals surface area contributed by atoms with Crippen LogP contribution in [0.4, 0.5) is 5.82 Å². The second-order valence-corrected chi connectivity index (χ2v) is 4.43. The Hall–Kier alpha value is -2.49. The molecule has 3 aromatic rings. The monoisotopic (exact) mass is 250 g/mol. The van der Waals surface area contributed by atoms with E-state index in [4.69, 9.17) is 0 Å². The van der Waals surface area contributed by atoms with Crippen molar-refractivity contribution >= 4 is 17.0 Å². The second kappa shape index (κ2) is 5.02. The molecule has 0 bridgehead atoms. The summed E-state index contributed by atoms with van der Waals surface area (Å²) in [4.78, 5) is 12.8. The lowest BCUT2D eigenvalue weighted by molar-refractivity contribution is 1.11. The zero-order chi connectivity index (χ0) is 13.1. The van der Waals surface area contributed by atoms with Gasteiger partial charge in [-0.1, -0.05) is 29.8 Å². The van der Waals surface area contributed by atoms with Gasteiger partial charge in [-0.15, -0.1) is 0 Å². The number of nitrogens with zero attached hydrogens (tertiary/aromatic N) is 3. The second-order valence-electron chi connectivity index (χ2n) is 4.43. The summed E-state index contributed by atoms with van der Waals surface area (Å²) in [5.74, 6) is 0.813. The van der Waals surface area contributed by atoms with Crippen molar-refractivity contribution in [3.05, 3.63) is 59.9 Å². The van der Waals surface area contributed by atoms with Crippen LogP contribution < -0.4 is 5.32 Å². The fourth-order valence-electron chi connectivity index (χ4n) is 1.85. The first-order chi connectivity index (χ1) is 9.31. The lowest BCUT2D eigenvalue weighted by atomic mass is 10.1. The molecule has 2 aromatic heterocycles. The first kappa shape index (κ1) is 11.6. The van der Waals surface area contributed by atoms with Gasteiger partial charge in [0, 0.05) is 18.9 Å². The molecule has 0 unspecified atom stereocenters. The number of aryl methyl sites for hydroxylation is 1. The highest BCUT2D eigenvalue weighted by molar-refractivity contribution is 5.71. The van der Waals surface area contributed by atoms with Gasteiger partial charge in [-0.2, -0.15) is 0 Å². The third-order valence-corrected chi connectivity index (χ3v) is 2.93. The highest BCUT2D eigenvalue weighted by atomic mass is 15.0. The number of benzene rings is 1. The normalized spacial score (nSPS) is 10.6. The summed E-state index contributed by atoms with van der Waals surface area (Å²) < 4.78 is 0. The van der Waals surface area contributed by atoms with Gasteiger partial charge < -0.3 is 5.32 Å². The number of hydrogen-bond acceptors (Lipinski definition) is 4. The number of fused-ring (bicyclic) bond motifs is 1. The van der Waals surface area contributed by atoms with E-state index in [1.54, 1.807) is 12.4 Å². The third kappa shape index (κ3) is 2.68. The average Bonchev–Trinajstić information content (AvgIpc) is 2.46. The smallest absolute Gasteiger partial charge is 0.180 e. The van der Waals surface area contributed by atoms with Crippen molar-refractivity contribution in [1.29, 1.82) is 0 Å². The van der Waals surface area contributed by atoms with Crippen molar-refractivity contribution in [1.82, 2.24) is 15.0 Å². The molecule has 0 atom stereocenters. The zero-order valence-corrected chi connectivity index (χ0v) is 10.7. The molecule has 0 aliphatic rings. The first-order valence-corrected chi connectivity index (χ1v) is 6.18. The number of nitrogens with one attached hydrogen (secondary N) is 1. The van der Waals surface area contributed by atoms with Crippen molar-refractivity contribution < 1.29 is 0 Å². The molecule has 1 aromatic carbocycles. The molecule has 0 fully saturated rings. The summed E-state index contributed by atoms with van der Waals surface area (Å²) in [6.45, 7) is 2.83. The molecule has 0 amide bonds. The Bertz CT molecular complexity index is 692. The van der Waals surface area contributed by atoms with Crippen LogP contribution >= 0.6 is 0 Å². The van der Waals surface area contributed by atoms with Crippen LogP contribution in [0.15, 0.2) is 48.8 Å². The predicted molar refractivity (Wildman–Crippen MR) is 75.8 cm³/mol. The van der Waals surface area contributed by atoms with Gasteiger partial charge in [-0.25, -0.2) is 9.97 Å². The SMILES string of the molecule is Cc1ccc(CNc2ccc3nccnc3n2)cc1. The lowest BCUT2D eigenvalue weighted by Gasteiger charge is -2.06. The van der Waals surface area contributed by atoms with E-state index in [0.717, 1.165) is 17.9 Å². The van der Waals surface area contributed by atoms with Crippen LogP contribution in [0, 0.1) is 6.92 Å². The predicted octanol–water partition coefficient (Wildman–Crippen LogP) is 2.95. The topological polar surface area (TPSA) is 50.7 Å². The molecule has 0 spiro atoms. The van der Waals surface area contributed by atoms with Crippen LogP contribution in [0.1, 0.15) is 11.1 Å². The Morgan fingerprint density at radius 2 is 1.74 bits per heavy atom. The maximum Gasteiger partial charge on any atom is 0.180 e. The number of aromatic nitrogens is 3. The summed E-state index contributed by atoms with van der Waals surface area (Å²) in [7, 11) is 0. The zero-order valence-electron chi connectivity index (χ0n) is 10.7. The Morgan fingerprint density at radius 3 is 2.58 bits per heavy atom. The fourth-order valence-corrected chi connectivity index (χ4v) is 1.85. The van der Waals surface area contributed by atoms with Gasteiger partial charge in [-0.05, 0) is 24.6 Å². The van der Waals surface area contributed by atoms with Crippen LogP contribution in [0.2, 0.25) is 0 Å². The lowest BCUT2D eigenvalue weighted by Crippen LogP contribution is -2.01. The molecule has 4 nitrogen and oxygen atoms in total. The largest absolute Gasteiger partial charge is 0.366 e. The van der Waals surface area contributed by atoms with Crippen molar-refractivity contribution in [2.75, 3.05) is 5.32 Å². The Morgan fingerprint density at radius 1 is 0.947 bits per heavy atom. The van der Waals surface area contributed by atoms with Crippen molar-refractivity contribution in [2.24, 2.45) is 0 Å². The molecule has 94 valence electrons. The van der Waals surface area contributed by atoms with Crippen molar-refractivity contribution in [2.45, 2.75) is 13.5 Å². The quantitative estimate of drug-likeness (QED) is 0.776. The van der Waals surface area contributed by atoms with E-state index in [1.807, 2.05) is 12.1 Å². The molecular weight excluding hydrogens is 236 g/mol. The van der Waals surface area contributed by atoms with Crippen LogP contribution in [-0.4, -0.2) is 15.0 Å². The van der Waals surface area contributed by atoms with E-state index in [2.05, 4.69) is 51.5 Å². The molecular formula is C15H14N4. The molecule has 0 aliphatic heterocycles. The maximum atomic E-state index is 4.42. The van der Waals surface area contributed by atoms with Crippen LogP contribution in [0.25, 0.3) is 11.2 Å². The van der Waals surface area contributed by atoms with Crippen LogP contribution in [-0.2, 0) is 6.54 Å². The van der Waals surface area contributed by atoms with Crippen molar-refractivity contribution in [3.8, 4) is 0 Å². The van der Waals surface area contributed by atoms with E-state index in [0.29, 0.717) is 5.65 Å². The highest BCUT2D eigenvalue weighted by Gasteiger charge is 1.99. The van der Waals surface area contributed by atoms with Gasteiger partial charge in [0.15, 0.2) is 5.65 Å². The van der Waals surface area contributed by atoms with Gasteiger partial charge in [0.25, 0.3) is 0 Å². The molecule has 0 saturated carbocycles. The Kier molecular flexibility index (Phi) is 3.06. The van der Waals surface area contributed by atoms with Gasteiger partial charge in [-0.3, -0.25) is 4.98 Å². The molecule has 1 N–H and O–H groups in total. The van der Waals surface area contributed by atoms with Gasteiger partial charge >= 0.3 is 0 Å². The molecule has 0 aliphatic carbocycles. The maximum absolute atomic E-state index is 4.42. The number of hydrogen-bond donors (Lipinski definition) is 1. The van der Waals surface area contributed by atoms with Crippen LogP contribution in [0.5, 0.6) is 0 Å². The van der Waals surface area contributed by atoms with Crippen LogP contribution in [0.3, 0.4) is 0 Å². The molecule has 3 rings (SSSR count). The molecule has 2 heterocycles. The highest BCUT2D eigenvalue weighted by Crippen LogP contribution is 2.11. The molecule has 0 radical (unpaired) electrons. The number of anilines is 1. The number of rotatable bonds is 3. The molecule has 19 heavy (non-hydrogen) atoms. The van der Waals surface area contributed by atoms with Gasteiger partial charge in [0.1, 0.15) is 11.3 Å². The van der Waals surface area contributed by atoms with Crippen molar-refractivity contribution in [3.63, 3.8) is 0 Å². The fraction of sp³-hybridized carbons (Fsp3) is 0.133. The minimum Gasteiger partial charge on any atom is -0.366 e. The van der Waals surface area contributed by atoms with E-state index in [9.17, 15) is 0 Å². The Balaban J connectivity index is 1.76. The minimum absolute atomic E-state index is 0.663. The third-order valence-electron chi connectivity index (χ3n) is 2.93. The summed E-state index contributed by atoms with van der Waals surface area (Å²) in [6.07, 6.45) is 3.32. The van der Waals surface area contributed by atoms with Gasteiger partial charge in [0.2, 0.25) is 0 Å². The number of pyridine rings is 1. The molecule has 4 heteroatoms. The average molecular weight is 250 g/mol. The molecule has 0 saturated heterocycles. The van der Waals surface area contributed by atoms with Gasteiger partial charge in [0.05, 0.1) is 0 Å². The van der Waals surface area contributed by atoms with E-state index >= 15 is 0 Å². The standard InChI is InChI=1S/C15H14N4/c1-11-2-4-12(5-3-11)10-18-14-7-6-13-15(19-14)17-9-8-16-13/h2-9H,10H2,1H3,(H,17,18,19). The summed E-state index contributed by atoms with van der Waals surface area (Å²) >= 11 is 0. The Labute approximate surface area is 111 Å². The van der Waals surface area contributed by atoms with E-state index in [-0.39, 0.29) is 0 Å². The minimum atomic E-state index is 0.663. The van der Waals surface area contributed by atoms with E-state index < -0.39 is 0 Å². The summed E-state index contributed by atoms with van der Waals surface area (Å²) in [6, 6.07) is 12.3. The summed E-state index contributed by atoms with van der Waals surface area (Å²) in [5, 5.41) is 3.29. The first-order valence-electron chi connectivity index (χ1n) is 6.18. The summed E-state index contributed by atoms with van der Waals surface area (Å²) in [5.41, 5.74) is 3.97. The van der Waals surface area contributed by atoms with E-state index in [1.165, 1.54) is 11.1 Å².